The molecule has 3 nitrogen and oxygen atoms in total. The van der Waals surface area contributed by atoms with Gasteiger partial charge in [0.1, 0.15) is 6.10 Å². The van der Waals surface area contributed by atoms with Crippen molar-refractivity contribution >= 4 is 11.6 Å². The number of halogens is 1. The zero-order chi connectivity index (χ0) is 12.0. The molecule has 1 heterocycles. The van der Waals surface area contributed by atoms with Gasteiger partial charge in [0.05, 0.1) is 19.3 Å². The average Bonchev–Trinajstić information content (AvgIpc) is 2.25. The maximum absolute atomic E-state index is 5.60. The van der Waals surface area contributed by atoms with Crippen LogP contribution in [0.5, 0.6) is 0 Å². The Kier molecular flexibility index (Phi) is 5.77. The summed E-state index contributed by atoms with van der Waals surface area (Å²) in [7, 11) is 0. The molecule has 3 atom stereocenters. The minimum atomic E-state index is -0.380. The number of rotatable bonds is 6. The van der Waals surface area contributed by atoms with Gasteiger partial charge in [0, 0.05) is 5.03 Å². The monoisotopic (exact) mass is 244 g/mol. The molecule has 0 amide bonds. The van der Waals surface area contributed by atoms with E-state index in [9.17, 15) is 0 Å². The van der Waals surface area contributed by atoms with Crippen molar-refractivity contribution in [2.24, 2.45) is 0 Å². The average molecular weight is 245 g/mol. The van der Waals surface area contributed by atoms with Crippen LogP contribution in [0.4, 0.5) is 0 Å². The van der Waals surface area contributed by atoms with Crippen LogP contribution < -0.4 is 0 Å². The van der Waals surface area contributed by atoms with E-state index >= 15 is 0 Å². The van der Waals surface area contributed by atoms with Crippen LogP contribution in [0.1, 0.15) is 6.92 Å². The van der Waals surface area contributed by atoms with Crippen molar-refractivity contribution in [1.82, 2.24) is 0 Å². The second-order valence-corrected chi connectivity index (χ2v) is 4.04. The first-order valence-corrected chi connectivity index (χ1v) is 5.52. The molecule has 0 saturated heterocycles. The Labute approximate surface area is 101 Å². The van der Waals surface area contributed by atoms with Crippen molar-refractivity contribution in [3.8, 4) is 0 Å². The summed E-state index contributed by atoms with van der Waals surface area (Å²) in [5, 5.41) is 0.453. The van der Waals surface area contributed by atoms with Crippen LogP contribution in [0.3, 0.4) is 0 Å². The molecule has 0 aromatic heterocycles. The summed E-state index contributed by atoms with van der Waals surface area (Å²) in [6.45, 7) is 9.85. The molecule has 4 heteroatoms. The maximum atomic E-state index is 5.60. The van der Waals surface area contributed by atoms with Crippen molar-refractivity contribution in [1.29, 1.82) is 0 Å². The largest absolute Gasteiger partial charge is 0.367 e. The van der Waals surface area contributed by atoms with Gasteiger partial charge in [-0.25, -0.2) is 0 Å². The van der Waals surface area contributed by atoms with Gasteiger partial charge in [-0.15, -0.1) is 6.58 Å². The van der Waals surface area contributed by atoms with Crippen LogP contribution in [-0.4, -0.2) is 31.7 Å². The molecule has 1 rings (SSSR count). The zero-order valence-corrected chi connectivity index (χ0v) is 10.2. The summed E-state index contributed by atoms with van der Waals surface area (Å²) in [6, 6.07) is 0. The fourth-order valence-electron chi connectivity index (χ4n) is 1.33. The number of ether oxygens (including phenoxy) is 3. The Hall–Kier alpha value is -0.610. The first-order chi connectivity index (χ1) is 7.63. The SMILES string of the molecule is C=CCO[C@@H]1C=C[C@H](OCC(=C)Cl)O[C@H]1C. The van der Waals surface area contributed by atoms with Crippen molar-refractivity contribution in [2.45, 2.75) is 25.4 Å². The van der Waals surface area contributed by atoms with E-state index in [1.165, 1.54) is 0 Å². The van der Waals surface area contributed by atoms with Gasteiger partial charge in [-0.2, -0.15) is 0 Å². The molecule has 0 N–H and O–H groups in total. The van der Waals surface area contributed by atoms with Gasteiger partial charge in [-0.05, 0) is 13.0 Å². The molecule has 0 aromatic rings. The lowest BCUT2D eigenvalue weighted by molar-refractivity contribution is -0.166. The molecule has 0 saturated carbocycles. The first kappa shape index (κ1) is 13.5. The summed E-state index contributed by atoms with van der Waals surface area (Å²) < 4.78 is 16.4. The van der Waals surface area contributed by atoms with Crippen molar-refractivity contribution in [3.63, 3.8) is 0 Å². The van der Waals surface area contributed by atoms with E-state index in [4.69, 9.17) is 25.8 Å². The van der Waals surface area contributed by atoms with Crippen LogP contribution in [-0.2, 0) is 14.2 Å². The lowest BCUT2D eigenvalue weighted by Gasteiger charge is -2.29. The second kappa shape index (κ2) is 6.86. The topological polar surface area (TPSA) is 27.7 Å². The van der Waals surface area contributed by atoms with Gasteiger partial charge >= 0.3 is 0 Å². The normalized spacial score (nSPS) is 29.0. The fraction of sp³-hybridized carbons (Fsp3) is 0.500. The Morgan fingerprint density at radius 1 is 1.50 bits per heavy atom. The molecule has 0 radical (unpaired) electrons. The summed E-state index contributed by atoms with van der Waals surface area (Å²) in [5.41, 5.74) is 0. The Balaban J connectivity index is 2.39. The predicted molar refractivity (Wildman–Crippen MR) is 64.4 cm³/mol. The van der Waals surface area contributed by atoms with E-state index < -0.39 is 0 Å². The highest BCUT2D eigenvalue weighted by Gasteiger charge is 2.24. The molecular formula is C12H17ClO3. The molecule has 1 aliphatic heterocycles. The van der Waals surface area contributed by atoms with Crippen molar-refractivity contribution in [2.75, 3.05) is 13.2 Å². The Morgan fingerprint density at radius 2 is 2.25 bits per heavy atom. The summed E-state index contributed by atoms with van der Waals surface area (Å²) in [5.74, 6) is 0. The summed E-state index contributed by atoms with van der Waals surface area (Å²) in [6.07, 6.45) is 4.96. The highest BCUT2D eigenvalue weighted by Crippen LogP contribution is 2.17. The molecule has 16 heavy (non-hydrogen) atoms. The molecule has 0 fully saturated rings. The molecule has 0 aliphatic carbocycles. The third-order valence-electron chi connectivity index (χ3n) is 2.08. The lowest BCUT2D eigenvalue weighted by atomic mass is 10.1. The molecule has 90 valence electrons. The molecular weight excluding hydrogens is 228 g/mol. The van der Waals surface area contributed by atoms with Gasteiger partial charge in [-0.1, -0.05) is 30.3 Å². The summed E-state index contributed by atoms with van der Waals surface area (Å²) >= 11 is 5.60. The highest BCUT2D eigenvalue weighted by molar-refractivity contribution is 6.29. The van der Waals surface area contributed by atoms with Crippen LogP contribution in [0.2, 0.25) is 0 Å². The van der Waals surface area contributed by atoms with Gasteiger partial charge in [0.2, 0.25) is 0 Å². The lowest BCUT2D eigenvalue weighted by Crippen LogP contribution is -2.36. The van der Waals surface area contributed by atoms with Gasteiger partial charge in [0.15, 0.2) is 6.29 Å². The molecule has 0 aromatic carbocycles. The van der Waals surface area contributed by atoms with Gasteiger partial charge in [-0.3, -0.25) is 0 Å². The molecule has 0 spiro atoms. The van der Waals surface area contributed by atoms with Crippen LogP contribution in [0, 0.1) is 0 Å². The number of hydrogen-bond acceptors (Lipinski definition) is 3. The predicted octanol–water partition coefficient (Wildman–Crippen LogP) is 2.63. The van der Waals surface area contributed by atoms with Crippen molar-refractivity contribution in [3.05, 3.63) is 36.4 Å². The van der Waals surface area contributed by atoms with E-state index in [0.29, 0.717) is 11.6 Å². The molecule has 0 bridgehead atoms. The summed E-state index contributed by atoms with van der Waals surface area (Å²) in [4.78, 5) is 0. The van der Waals surface area contributed by atoms with E-state index in [0.717, 1.165) is 0 Å². The van der Waals surface area contributed by atoms with Gasteiger partial charge < -0.3 is 14.2 Å². The highest BCUT2D eigenvalue weighted by atomic mass is 35.5. The van der Waals surface area contributed by atoms with E-state index in [1.807, 2.05) is 19.1 Å². The van der Waals surface area contributed by atoms with Crippen LogP contribution in [0.25, 0.3) is 0 Å². The molecule has 1 aliphatic rings. The van der Waals surface area contributed by atoms with Crippen LogP contribution >= 0.6 is 11.6 Å². The quantitative estimate of drug-likeness (QED) is 0.673. The first-order valence-electron chi connectivity index (χ1n) is 5.14. The van der Waals surface area contributed by atoms with Crippen LogP contribution in [0.15, 0.2) is 36.4 Å². The Morgan fingerprint density at radius 3 is 2.81 bits per heavy atom. The zero-order valence-electron chi connectivity index (χ0n) is 9.40. The van der Waals surface area contributed by atoms with E-state index in [-0.39, 0.29) is 25.1 Å². The smallest absolute Gasteiger partial charge is 0.177 e. The van der Waals surface area contributed by atoms with E-state index in [2.05, 4.69) is 13.2 Å². The second-order valence-electron chi connectivity index (χ2n) is 3.51. The Bertz CT molecular complexity index is 275. The van der Waals surface area contributed by atoms with Gasteiger partial charge in [0.25, 0.3) is 0 Å². The maximum Gasteiger partial charge on any atom is 0.177 e. The molecule has 0 unspecified atom stereocenters. The minimum Gasteiger partial charge on any atom is -0.367 e. The van der Waals surface area contributed by atoms with E-state index in [1.54, 1.807) is 6.08 Å². The third-order valence-corrected chi connectivity index (χ3v) is 2.19. The fourth-order valence-corrected chi connectivity index (χ4v) is 1.39. The standard InChI is InChI=1S/C12H17ClO3/c1-4-7-14-11-5-6-12(16-10(11)3)15-8-9(2)13/h4-6,10-12H,1-2,7-8H2,3H3/t10-,11+,12+/m0/s1. The van der Waals surface area contributed by atoms with Crippen molar-refractivity contribution < 1.29 is 14.2 Å². The minimum absolute atomic E-state index is 0.0569. The number of hydrogen-bond donors (Lipinski definition) is 0. The third kappa shape index (κ3) is 4.49.